The molecule has 0 aliphatic rings. The molecule has 2 aromatic heterocycles. The summed E-state index contributed by atoms with van der Waals surface area (Å²) in [4.78, 5) is 4.78. The zero-order valence-corrected chi connectivity index (χ0v) is 17.6. The van der Waals surface area contributed by atoms with Crippen molar-refractivity contribution >= 4 is 34.1 Å². The van der Waals surface area contributed by atoms with Crippen molar-refractivity contribution in [1.82, 2.24) is 9.38 Å². The van der Waals surface area contributed by atoms with E-state index in [-0.39, 0.29) is 6.04 Å². The zero-order valence-electron chi connectivity index (χ0n) is 16.8. The summed E-state index contributed by atoms with van der Waals surface area (Å²) in [6, 6.07) is 18.6. The monoisotopic (exact) mass is 402 g/mol. The largest absolute Gasteiger partial charge is 0.368 e. The maximum atomic E-state index is 9.95. The van der Waals surface area contributed by atoms with Gasteiger partial charge >= 0.3 is 0 Å². The molecular formula is C24H23ClN4. The lowest BCUT2D eigenvalue weighted by molar-refractivity contribution is 0.754. The van der Waals surface area contributed by atoms with Crippen LogP contribution in [0.15, 0.2) is 48.5 Å². The van der Waals surface area contributed by atoms with Crippen LogP contribution in [0.3, 0.4) is 0 Å². The first-order valence-electron chi connectivity index (χ1n) is 9.87. The molecule has 5 heteroatoms. The van der Waals surface area contributed by atoms with Crippen LogP contribution < -0.4 is 5.32 Å². The molecule has 4 nitrogen and oxygen atoms in total. The third-order valence-corrected chi connectivity index (χ3v) is 5.77. The Hall–Kier alpha value is -3.03. The number of imidazole rings is 1. The minimum atomic E-state index is 0.288. The van der Waals surface area contributed by atoms with Crippen LogP contribution in [-0.2, 0) is 6.42 Å². The molecule has 0 aliphatic heterocycles. The van der Waals surface area contributed by atoms with E-state index in [1.165, 1.54) is 0 Å². The first-order valence-corrected chi connectivity index (χ1v) is 10.2. The fourth-order valence-corrected chi connectivity index (χ4v) is 3.82. The molecule has 2 aromatic carbocycles. The lowest BCUT2D eigenvalue weighted by Crippen LogP contribution is -2.19. The Kier molecular flexibility index (Phi) is 5.17. The molecule has 1 N–H and O–H groups in total. The van der Waals surface area contributed by atoms with Crippen molar-refractivity contribution in [2.75, 3.05) is 5.32 Å². The number of nitrogens with one attached hydrogen (secondary N) is 1. The van der Waals surface area contributed by atoms with Crippen LogP contribution in [0.25, 0.3) is 16.7 Å². The number of anilines is 1. The van der Waals surface area contributed by atoms with Crippen LogP contribution >= 0.6 is 11.6 Å². The standard InChI is InChI=1S/C24H23ClN4/c1-4-15(2)27-23-19(13-17-9-11-18(25)12-10-17)16(3)20(14-26)24-28-21-7-5-6-8-22(21)29(23)24/h5-12,15,27H,4,13H2,1-3H3/t15-/m0/s1. The first kappa shape index (κ1) is 19.3. The smallest absolute Gasteiger partial charge is 0.157 e. The molecule has 0 fully saturated rings. The number of nitriles is 1. The van der Waals surface area contributed by atoms with Crippen molar-refractivity contribution in [3.63, 3.8) is 0 Å². The summed E-state index contributed by atoms with van der Waals surface area (Å²) < 4.78 is 2.11. The SMILES string of the molecule is CC[C@H](C)Nc1c(Cc2ccc(Cl)cc2)c(C)c(C#N)c2nc3ccccc3n12. The maximum absolute atomic E-state index is 9.95. The second-order valence-corrected chi connectivity index (χ2v) is 7.89. The highest BCUT2D eigenvalue weighted by Crippen LogP contribution is 2.33. The average molecular weight is 403 g/mol. The van der Waals surface area contributed by atoms with Gasteiger partial charge in [0.2, 0.25) is 0 Å². The van der Waals surface area contributed by atoms with Crippen LogP contribution in [0.5, 0.6) is 0 Å². The van der Waals surface area contributed by atoms with Crippen LogP contribution in [0, 0.1) is 18.3 Å². The highest BCUT2D eigenvalue weighted by Gasteiger charge is 2.21. The Morgan fingerprint density at radius 1 is 1.17 bits per heavy atom. The summed E-state index contributed by atoms with van der Waals surface area (Å²) in [5, 5.41) is 14.4. The van der Waals surface area contributed by atoms with Gasteiger partial charge in [-0.2, -0.15) is 5.26 Å². The fraction of sp³-hybridized carbons (Fsp3) is 0.250. The van der Waals surface area contributed by atoms with Gasteiger partial charge in [-0.1, -0.05) is 42.8 Å². The van der Waals surface area contributed by atoms with Crippen molar-refractivity contribution in [3.8, 4) is 6.07 Å². The second kappa shape index (κ2) is 7.77. The minimum absolute atomic E-state index is 0.288. The summed E-state index contributed by atoms with van der Waals surface area (Å²) >= 11 is 6.07. The summed E-state index contributed by atoms with van der Waals surface area (Å²) in [6.07, 6.45) is 1.70. The lowest BCUT2D eigenvalue weighted by atomic mass is 9.97. The third-order valence-electron chi connectivity index (χ3n) is 5.52. The van der Waals surface area contributed by atoms with E-state index in [1.54, 1.807) is 0 Å². The highest BCUT2D eigenvalue weighted by molar-refractivity contribution is 6.30. The molecule has 0 saturated heterocycles. The Morgan fingerprint density at radius 3 is 2.59 bits per heavy atom. The van der Waals surface area contributed by atoms with E-state index in [0.717, 1.165) is 45.0 Å². The van der Waals surface area contributed by atoms with Gasteiger partial charge in [0.05, 0.1) is 16.6 Å². The molecule has 29 heavy (non-hydrogen) atoms. The Balaban J connectivity index is 2.05. The lowest BCUT2D eigenvalue weighted by Gasteiger charge is -2.22. The molecule has 1 atom stereocenters. The summed E-state index contributed by atoms with van der Waals surface area (Å²) in [7, 11) is 0. The number of para-hydroxylation sites is 2. The van der Waals surface area contributed by atoms with Crippen molar-refractivity contribution in [1.29, 1.82) is 5.26 Å². The van der Waals surface area contributed by atoms with Gasteiger partial charge in [0.1, 0.15) is 11.9 Å². The highest BCUT2D eigenvalue weighted by atomic mass is 35.5. The predicted molar refractivity (Wildman–Crippen MR) is 120 cm³/mol. The van der Waals surface area contributed by atoms with Gasteiger partial charge in [-0.15, -0.1) is 0 Å². The summed E-state index contributed by atoms with van der Waals surface area (Å²) in [6.45, 7) is 6.35. The summed E-state index contributed by atoms with van der Waals surface area (Å²) in [5.41, 5.74) is 6.45. The molecule has 4 rings (SSSR count). The fourth-order valence-electron chi connectivity index (χ4n) is 3.69. The maximum Gasteiger partial charge on any atom is 0.157 e. The zero-order chi connectivity index (χ0) is 20.5. The molecular weight excluding hydrogens is 380 g/mol. The molecule has 0 bridgehead atoms. The van der Waals surface area contributed by atoms with E-state index >= 15 is 0 Å². The number of rotatable bonds is 5. The molecule has 0 saturated carbocycles. The van der Waals surface area contributed by atoms with Gasteiger partial charge in [0, 0.05) is 23.0 Å². The number of nitrogens with zero attached hydrogens (tertiary/aromatic N) is 3. The predicted octanol–water partition coefficient (Wildman–Crippen LogP) is 6.12. The topological polar surface area (TPSA) is 53.1 Å². The number of hydrogen-bond acceptors (Lipinski definition) is 3. The number of halogens is 1. The van der Waals surface area contributed by atoms with Gasteiger partial charge < -0.3 is 5.32 Å². The van der Waals surface area contributed by atoms with Crippen molar-refractivity contribution in [2.45, 2.75) is 39.7 Å². The van der Waals surface area contributed by atoms with E-state index in [9.17, 15) is 5.26 Å². The van der Waals surface area contributed by atoms with E-state index in [2.05, 4.69) is 35.7 Å². The molecule has 4 aromatic rings. The summed E-state index contributed by atoms with van der Waals surface area (Å²) in [5.74, 6) is 1.01. The Bertz CT molecular complexity index is 1230. The van der Waals surface area contributed by atoms with Gasteiger partial charge in [-0.3, -0.25) is 4.40 Å². The molecule has 0 spiro atoms. The molecule has 0 unspecified atom stereocenters. The number of pyridine rings is 1. The van der Waals surface area contributed by atoms with Crippen LogP contribution in [0.4, 0.5) is 5.82 Å². The van der Waals surface area contributed by atoms with Crippen molar-refractivity contribution < 1.29 is 0 Å². The number of hydrogen-bond donors (Lipinski definition) is 1. The molecule has 2 heterocycles. The van der Waals surface area contributed by atoms with E-state index in [0.29, 0.717) is 17.6 Å². The first-order chi connectivity index (χ1) is 14.0. The van der Waals surface area contributed by atoms with Gasteiger partial charge in [0.15, 0.2) is 5.65 Å². The van der Waals surface area contributed by atoms with Crippen LogP contribution in [0.1, 0.15) is 42.5 Å². The van der Waals surface area contributed by atoms with Crippen LogP contribution in [-0.4, -0.2) is 15.4 Å². The van der Waals surface area contributed by atoms with E-state index in [4.69, 9.17) is 16.6 Å². The van der Waals surface area contributed by atoms with Gasteiger partial charge in [-0.05, 0) is 55.7 Å². The minimum Gasteiger partial charge on any atom is -0.368 e. The van der Waals surface area contributed by atoms with Crippen LogP contribution in [0.2, 0.25) is 5.02 Å². The third kappa shape index (κ3) is 3.43. The van der Waals surface area contributed by atoms with Gasteiger partial charge in [0.25, 0.3) is 0 Å². The second-order valence-electron chi connectivity index (χ2n) is 7.46. The van der Waals surface area contributed by atoms with Crippen molar-refractivity contribution in [3.05, 3.63) is 75.8 Å². The Labute approximate surface area is 175 Å². The Morgan fingerprint density at radius 2 is 1.90 bits per heavy atom. The number of benzene rings is 2. The number of fused-ring (bicyclic) bond motifs is 3. The normalized spacial score (nSPS) is 12.2. The van der Waals surface area contributed by atoms with E-state index in [1.807, 2.05) is 49.4 Å². The number of aromatic nitrogens is 2. The quantitative estimate of drug-likeness (QED) is 0.437. The van der Waals surface area contributed by atoms with Crippen molar-refractivity contribution in [2.24, 2.45) is 0 Å². The molecule has 146 valence electrons. The molecule has 0 radical (unpaired) electrons. The average Bonchev–Trinajstić information content (AvgIpc) is 3.11. The molecule has 0 amide bonds. The molecule has 0 aliphatic carbocycles. The van der Waals surface area contributed by atoms with Gasteiger partial charge in [-0.25, -0.2) is 4.98 Å². The van der Waals surface area contributed by atoms with E-state index < -0.39 is 0 Å².